The molecule has 0 saturated carbocycles. The van der Waals surface area contributed by atoms with E-state index in [0.29, 0.717) is 0 Å². The predicted molar refractivity (Wildman–Crippen MR) is 290 cm³/mol. The Morgan fingerprint density at radius 1 is 0.373 bits per heavy atom. The first-order valence-electron chi connectivity index (χ1n) is 23.8. The fraction of sp³-hybridized carbons (Fsp3) is 0.254. The third kappa shape index (κ3) is 9.00. The minimum absolute atomic E-state index is 0.0142. The molecule has 3 nitrogen and oxygen atoms in total. The van der Waals surface area contributed by atoms with Crippen LogP contribution in [0.1, 0.15) is 105 Å². The van der Waals surface area contributed by atoms with Gasteiger partial charge in [-0.05, 0) is 121 Å². The average molecular weight is 897 g/mol. The number of pyridine rings is 1. The highest BCUT2D eigenvalue weighted by molar-refractivity contribution is 7.85. The van der Waals surface area contributed by atoms with Gasteiger partial charge in [0.1, 0.15) is 0 Å². The van der Waals surface area contributed by atoms with Crippen molar-refractivity contribution in [2.75, 3.05) is 0 Å². The minimum atomic E-state index is -3.46. The van der Waals surface area contributed by atoms with Gasteiger partial charge in [0, 0.05) is 43.3 Å². The zero-order valence-electron chi connectivity index (χ0n) is 41.5. The van der Waals surface area contributed by atoms with Crippen LogP contribution in [0.4, 0.5) is 0 Å². The largest absolute Gasteiger partial charge is 0.354 e. The van der Waals surface area contributed by atoms with Crippen molar-refractivity contribution in [1.82, 2.24) is 9.97 Å². The highest BCUT2D eigenvalue weighted by Crippen LogP contribution is 2.46. The highest BCUT2D eigenvalue weighted by atomic mass is 31.2. The molecule has 0 atom stereocenters. The van der Waals surface area contributed by atoms with Crippen LogP contribution in [0.5, 0.6) is 0 Å². The van der Waals surface area contributed by atoms with Gasteiger partial charge < -0.3 is 9.55 Å². The summed E-state index contributed by atoms with van der Waals surface area (Å²) in [6, 6.07) is 60.5. The zero-order valence-corrected chi connectivity index (χ0v) is 42.4. The lowest BCUT2D eigenvalue weighted by molar-refractivity contribution is 0.590. The molecule has 67 heavy (non-hydrogen) atoms. The number of fused-ring (bicyclic) bond motifs is 3. The van der Waals surface area contributed by atoms with Crippen LogP contribution in [-0.4, -0.2) is 9.97 Å². The standard InChI is InChI=1S/C63H65N2OP/c1-60(2,3)46-27-23-41(24-28-46)43-33-44(42-25-29-47(30-26-42)61(4,5)6)35-45(34-43)57-39-52(67(66,50-19-15-13-16-20-50)51-21-17-14-18-22-51)40-58(64-57)55-38-49(63(10,11)12)37-54-53-36-48(62(7,8)9)31-32-56(53)65-59(54)55/h13-40,65H,1-12H3. The number of benzene rings is 7. The Morgan fingerprint density at radius 2 is 0.806 bits per heavy atom. The highest BCUT2D eigenvalue weighted by Gasteiger charge is 2.32. The van der Waals surface area contributed by atoms with E-state index in [9.17, 15) is 0 Å². The summed E-state index contributed by atoms with van der Waals surface area (Å²) in [6.07, 6.45) is 0. The molecule has 0 bridgehead atoms. The minimum Gasteiger partial charge on any atom is -0.354 e. The Morgan fingerprint density at radius 3 is 1.28 bits per heavy atom. The molecule has 9 rings (SSSR count). The molecule has 9 aromatic rings. The first-order chi connectivity index (χ1) is 31.6. The normalized spacial score (nSPS) is 12.8. The van der Waals surface area contributed by atoms with E-state index in [4.69, 9.17) is 4.98 Å². The van der Waals surface area contributed by atoms with Gasteiger partial charge in [0.2, 0.25) is 0 Å². The van der Waals surface area contributed by atoms with Crippen molar-refractivity contribution in [2.24, 2.45) is 0 Å². The van der Waals surface area contributed by atoms with E-state index in [-0.39, 0.29) is 21.7 Å². The lowest BCUT2D eigenvalue weighted by atomic mass is 9.83. The van der Waals surface area contributed by atoms with Gasteiger partial charge in [0.25, 0.3) is 0 Å². The fourth-order valence-electron chi connectivity index (χ4n) is 9.24. The molecule has 0 saturated heterocycles. The van der Waals surface area contributed by atoms with Crippen molar-refractivity contribution < 1.29 is 4.57 Å². The Labute approximate surface area is 399 Å². The van der Waals surface area contributed by atoms with Crippen molar-refractivity contribution >= 4 is 44.9 Å². The van der Waals surface area contributed by atoms with Crippen LogP contribution in [0.25, 0.3) is 66.6 Å². The van der Waals surface area contributed by atoms with E-state index in [2.05, 4.69) is 197 Å². The second-order valence-corrected chi connectivity index (χ2v) is 25.4. The summed E-state index contributed by atoms with van der Waals surface area (Å²) in [4.78, 5) is 9.56. The maximum absolute atomic E-state index is 16.5. The van der Waals surface area contributed by atoms with Crippen LogP contribution in [0.15, 0.2) is 170 Å². The molecule has 0 amide bonds. The molecule has 0 aliphatic rings. The summed E-state index contributed by atoms with van der Waals surface area (Å²) in [7, 11) is -3.46. The Balaban J connectivity index is 1.37. The molecular weight excluding hydrogens is 832 g/mol. The van der Waals surface area contributed by atoms with E-state index in [0.717, 1.165) is 77.1 Å². The van der Waals surface area contributed by atoms with Crippen LogP contribution >= 0.6 is 7.14 Å². The smallest absolute Gasteiger partial charge is 0.171 e. The first-order valence-corrected chi connectivity index (χ1v) is 25.5. The van der Waals surface area contributed by atoms with E-state index in [1.807, 2.05) is 60.7 Å². The van der Waals surface area contributed by atoms with Crippen molar-refractivity contribution in [2.45, 2.75) is 105 Å². The van der Waals surface area contributed by atoms with E-state index in [1.165, 1.54) is 27.6 Å². The number of hydrogen-bond donors (Lipinski definition) is 1. The lowest BCUT2D eigenvalue weighted by Crippen LogP contribution is -2.25. The second-order valence-electron chi connectivity index (χ2n) is 22.7. The Kier molecular flexibility index (Phi) is 11.5. The molecule has 0 radical (unpaired) electrons. The van der Waals surface area contributed by atoms with Crippen LogP contribution in [0.2, 0.25) is 0 Å². The molecule has 0 fully saturated rings. The van der Waals surface area contributed by atoms with Gasteiger partial charge in [-0.3, -0.25) is 0 Å². The van der Waals surface area contributed by atoms with Crippen molar-refractivity contribution in [3.05, 3.63) is 192 Å². The van der Waals surface area contributed by atoms with Gasteiger partial charge in [-0.15, -0.1) is 0 Å². The van der Waals surface area contributed by atoms with Crippen molar-refractivity contribution in [3.8, 4) is 44.8 Å². The molecular formula is C63H65N2OP. The van der Waals surface area contributed by atoms with Gasteiger partial charge in [-0.2, -0.15) is 0 Å². The Bertz CT molecular complexity index is 3190. The van der Waals surface area contributed by atoms with Gasteiger partial charge in [0.05, 0.1) is 16.9 Å². The average Bonchev–Trinajstić information content (AvgIpc) is 3.68. The number of nitrogens with zero attached hydrogens (tertiary/aromatic N) is 1. The molecule has 2 aromatic heterocycles. The molecule has 4 heteroatoms. The second kappa shape index (κ2) is 16.8. The van der Waals surface area contributed by atoms with Crippen molar-refractivity contribution in [1.29, 1.82) is 0 Å². The molecule has 2 heterocycles. The summed E-state index contributed by atoms with van der Waals surface area (Å²) < 4.78 is 16.5. The molecule has 1 N–H and O–H groups in total. The number of aromatic nitrogens is 2. The van der Waals surface area contributed by atoms with E-state index >= 15 is 4.57 Å². The maximum atomic E-state index is 16.5. The number of H-pyrrole nitrogens is 1. The maximum Gasteiger partial charge on any atom is 0.171 e. The number of rotatable bonds is 7. The SMILES string of the molecule is CC(C)(C)c1ccc(-c2cc(-c3ccc(C(C)(C)C)cc3)cc(-c3cc(P(=O)(c4ccccc4)c4ccccc4)cc(-c4cc(C(C)(C)C)cc5c4[nH]c4ccc(C(C)(C)C)cc45)n3)c2)cc1. The third-order valence-corrected chi connectivity index (χ3v) is 16.6. The molecule has 0 aliphatic carbocycles. The van der Waals surface area contributed by atoms with Crippen LogP contribution in [-0.2, 0) is 26.2 Å². The number of aromatic amines is 1. The number of hydrogen-bond acceptors (Lipinski definition) is 2. The fourth-order valence-corrected chi connectivity index (χ4v) is 11.9. The molecule has 338 valence electrons. The zero-order chi connectivity index (χ0) is 47.7. The summed E-state index contributed by atoms with van der Waals surface area (Å²) in [5.41, 5.74) is 15.0. The van der Waals surface area contributed by atoms with Gasteiger partial charge >= 0.3 is 0 Å². The van der Waals surface area contributed by atoms with Gasteiger partial charge in [-0.1, -0.05) is 198 Å². The van der Waals surface area contributed by atoms with Crippen LogP contribution in [0, 0.1) is 0 Å². The molecule has 0 spiro atoms. The van der Waals surface area contributed by atoms with Gasteiger partial charge in [-0.25, -0.2) is 4.98 Å². The molecule has 7 aromatic carbocycles. The van der Waals surface area contributed by atoms with Crippen LogP contribution < -0.4 is 15.9 Å². The topological polar surface area (TPSA) is 45.8 Å². The summed E-state index contributed by atoms with van der Waals surface area (Å²) in [6.45, 7) is 27.2. The molecule has 0 unspecified atom stereocenters. The van der Waals surface area contributed by atoms with E-state index < -0.39 is 7.14 Å². The number of nitrogens with one attached hydrogen (secondary N) is 1. The monoisotopic (exact) mass is 896 g/mol. The summed E-state index contributed by atoms with van der Waals surface area (Å²) in [5.74, 6) is 0. The quantitative estimate of drug-likeness (QED) is 0.162. The summed E-state index contributed by atoms with van der Waals surface area (Å²) in [5, 5.41) is 4.66. The summed E-state index contributed by atoms with van der Waals surface area (Å²) >= 11 is 0. The Hall–Kier alpha value is -6.28. The van der Waals surface area contributed by atoms with E-state index in [1.54, 1.807) is 0 Å². The third-order valence-electron chi connectivity index (χ3n) is 13.5. The van der Waals surface area contributed by atoms with Crippen molar-refractivity contribution in [3.63, 3.8) is 0 Å². The lowest BCUT2D eigenvalue weighted by Gasteiger charge is -2.23. The van der Waals surface area contributed by atoms with Crippen LogP contribution in [0.3, 0.4) is 0 Å². The molecule has 0 aliphatic heterocycles. The predicted octanol–water partition coefficient (Wildman–Crippen LogP) is 16.2. The first kappa shape index (κ1) is 45.9. The van der Waals surface area contributed by atoms with Gasteiger partial charge in [0.15, 0.2) is 7.14 Å².